The van der Waals surface area contributed by atoms with Gasteiger partial charge in [-0.15, -0.1) is 0 Å². The zero-order valence-electron chi connectivity index (χ0n) is 12.8. The Labute approximate surface area is 157 Å². The van der Waals surface area contributed by atoms with Gasteiger partial charge in [0.2, 0.25) is 0 Å². The Bertz CT molecular complexity index is 861. The van der Waals surface area contributed by atoms with Crippen LogP contribution in [-0.4, -0.2) is 24.0 Å². The molecule has 128 valence electrons. The highest BCUT2D eigenvalue weighted by Gasteiger charge is 2.15. The van der Waals surface area contributed by atoms with E-state index in [2.05, 4.69) is 33.1 Å². The maximum atomic E-state index is 11.9. The van der Waals surface area contributed by atoms with Gasteiger partial charge in [-0.05, 0) is 30.3 Å². The first kappa shape index (κ1) is 18.8. The van der Waals surface area contributed by atoms with Crippen LogP contribution in [0.2, 0.25) is 5.02 Å². The predicted octanol–water partition coefficient (Wildman–Crippen LogP) is 3.82. The van der Waals surface area contributed by atoms with Gasteiger partial charge in [0.1, 0.15) is 17.4 Å². The monoisotopic (exact) mass is 422 g/mol. The molecule has 0 aromatic heterocycles. The van der Waals surface area contributed by atoms with Gasteiger partial charge in [-0.1, -0.05) is 45.4 Å². The molecule has 0 bridgehead atoms. The first-order valence-electron chi connectivity index (χ1n) is 7.03. The van der Waals surface area contributed by atoms with Gasteiger partial charge in [-0.3, -0.25) is 14.9 Å². The van der Waals surface area contributed by atoms with Crippen LogP contribution in [0, 0.1) is 22.0 Å². The van der Waals surface area contributed by atoms with Gasteiger partial charge in [0, 0.05) is 16.1 Å². The third-order valence-corrected chi connectivity index (χ3v) is 3.79. The minimum absolute atomic E-state index is 0.0222. The quantitative estimate of drug-likeness (QED) is 0.450. The van der Waals surface area contributed by atoms with E-state index < -0.39 is 10.8 Å². The van der Waals surface area contributed by atoms with Crippen molar-refractivity contribution in [2.24, 2.45) is 0 Å². The average Bonchev–Trinajstić information content (AvgIpc) is 2.58. The van der Waals surface area contributed by atoms with Crippen LogP contribution in [0.15, 0.2) is 46.9 Å². The van der Waals surface area contributed by atoms with E-state index in [9.17, 15) is 14.9 Å². The summed E-state index contributed by atoms with van der Waals surface area (Å²) in [6, 6.07) is 11.2. The summed E-state index contributed by atoms with van der Waals surface area (Å²) in [5, 5.41) is 13.3. The Morgan fingerprint density at radius 3 is 2.80 bits per heavy atom. The zero-order valence-corrected chi connectivity index (χ0v) is 15.1. The number of ether oxygens (including phenoxy) is 1. The smallest absolute Gasteiger partial charge is 0.288 e. The topological polar surface area (TPSA) is 81.5 Å². The van der Waals surface area contributed by atoms with Crippen molar-refractivity contribution in [3.63, 3.8) is 0 Å². The molecule has 0 aliphatic carbocycles. The number of amides is 1. The molecule has 2 rings (SSSR count). The third-order valence-electron chi connectivity index (χ3n) is 2.97. The van der Waals surface area contributed by atoms with Crippen molar-refractivity contribution in [2.45, 2.75) is 0 Å². The fourth-order valence-corrected chi connectivity index (χ4v) is 2.37. The maximum Gasteiger partial charge on any atom is 0.288 e. The molecule has 0 atom stereocenters. The summed E-state index contributed by atoms with van der Waals surface area (Å²) in [5.74, 6) is 5.72. The fourth-order valence-electron chi connectivity index (χ4n) is 1.81. The molecule has 2 aromatic carbocycles. The standard InChI is InChI=1S/C17H12BrClN2O4/c18-13-4-3-5-14(11-13)25-9-2-1-8-20-17(22)12-6-7-15(19)16(10-12)21(23)24/h3-7,10-11H,8-9H2,(H,20,22). The number of hydrogen-bond donors (Lipinski definition) is 1. The number of hydrogen-bond acceptors (Lipinski definition) is 4. The lowest BCUT2D eigenvalue weighted by molar-refractivity contribution is -0.384. The largest absolute Gasteiger partial charge is 0.481 e. The molecule has 1 N–H and O–H groups in total. The normalized spacial score (nSPS) is 9.68. The number of nitrogens with zero attached hydrogens (tertiary/aromatic N) is 1. The lowest BCUT2D eigenvalue weighted by Gasteiger charge is -2.03. The summed E-state index contributed by atoms with van der Waals surface area (Å²) >= 11 is 9.04. The molecule has 0 heterocycles. The van der Waals surface area contributed by atoms with Crippen LogP contribution in [0.3, 0.4) is 0 Å². The Hall–Kier alpha value is -2.56. The maximum absolute atomic E-state index is 11.9. The summed E-state index contributed by atoms with van der Waals surface area (Å²) in [5.41, 5.74) is -0.175. The summed E-state index contributed by atoms with van der Waals surface area (Å²) in [6.07, 6.45) is 0. The van der Waals surface area contributed by atoms with Gasteiger partial charge in [-0.25, -0.2) is 0 Å². The first-order chi connectivity index (χ1) is 12.0. The summed E-state index contributed by atoms with van der Waals surface area (Å²) < 4.78 is 6.33. The summed E-state index contributed by atoms with van der Waals surface area (Å²) in [6.45, 7) is 0.274. The van der Waals surface area contributed by atoms with Crippen molar-refractivity contribution < 1.29 is 14.5 Å². The van der Waals surface area contributed by atoms with Gasteiger partial charge in [0.15, 0.2) is 0 Å². The van der Waals surface area contributed by atoms with Crippen molar-refractivity contribution in [2.75, 3.05) is 13.2 Å². The molecule has 0 aliphatic heterocycles. The van der Waals surface area contributed by atoms with Crippen LogP contribution in [0.1, 0.15) is 10.4 Å². The minimum Gasteiger partial charge on any atom is -0.481 e. The molecule has 6 nitrogen and oxygen atoms in total. The van der Waals surface area contributed by atoms with Crippen molar-refractivity contribution in [1.29, 1.82) is 0 Å². The van der Waals surface area contributed by atoms with Crippen LogP contribution in [0.4, 0.5) is 5.69 Å². The second kappa shape index (κ2) is 9.06. The molecule has 0 unspecified atom stereocenters. The van der Waals surface area contributed by atoms with Gasteiger partial charge >= 0.3 is 0 Å². The Morgan fingerprint density at radius 1 is 1.28 bits per heavy atom. The highest BCUT2D eigenvalue weighted by molar-refractivity contribution is 9.10. The van der Waals surface area contributed by atoms with Gasteiger partial charge < -0.3 is 10.1 Å². The van der Waals surface area contributed by atoms with Crippen LogP contribution in [0.25, 0.3) is 0 Å². The first-order valence-corrected chi connectivity index (χ1v) is 8.20. The summed E-state index contributed by atoms with van der Waals surface area (Å²) in [4.78, 5) is 22.1. The molecule has 25 heavy (non-hydrogen) atoms. The Balaban J connectivity index is 1.83. The van der Waals surface area contributed by atoms with Crippen molar-refractivity contribution in [3.05, 3.63) is 67.6 Å². The predicted molar refractivity (Wildman–Crippen MR) is 97.9 cm³/mol. The summed E-state index contributed by atoms with van der Waals surface area (Å²) in [7, 11) is 0. The molecule has 0 saturated heterocycles. The van der Waals surface area contributed by atoms with Crippen molar-refractivity contribution in [3.8, 4) is 17.6 Å². The molecular weight excluding hydrogens is 412 g/mol. The van der Waals surface area contributed by atoms with E-state index >= 15 is 0 Å². The van der Waals surface area contributed by atoms with Gasteiger partial charge in [-0.2, -0.15) is 0 Å². The van der Waals surface area contributed by atoms with Crippen LogP contribution >= 0.6 is 27.5 Å². The lowest BCUT2D eigenvalue weighted by atomic mass is 10.2. The molecule has 0 fully saturated rings. The number of nitrogens with one attached hydrogen (secondary N) is 1. The van der Waals surface area contributed by atoms with E-state index in [-0.39, 0.29) is 29.4 Å². The molecule has 0 saturated carbocycles. The number of carbonyl (C=O) groups excluding carboxylic acids is 1. The number of benzene rings is 2. The molecule has 0 spiro atoms. The zero-order chi connectivity index (χ0) is 18.2. The molecule has 1 amide bonds. The van der Waals surface area contributed by atoms with E-state index in [1.54, 1.807) is 0 Å². The van der Waals surface area contributed by atoms with E-state index in [0.29, 0.717) is 5.75 Å². The molecule has 8 heteroatoms. The van der Waals surface area contributed by atoms with E-state index in [4.69, 9.17) is 16.3 Å². The SMILES string of the molecule is O=C(NCC#CCOc1cccc(Br)c1)c1ccc(Cl)c([N+](=O)[O-])c1. The molecule has 0 aliphatic rings. The molecular formula is C17H12BrClN2O4. The van der Waals surface area contributed by atoms with Gasteiger partial charge in [0.05, 0.1) is 11.5 Å². The third kappa shape index (κ3) is 5.78. The second-order valence-electron chi connectivity index (χ2n) is 4.71. The van der Waals surface area contributed by atoms with E-state index in [1.807, 2.05) is 24.3 Å². The highest BCUT2D eigenvalue weighted by atomic mass is 79.9. The second-order valence-corrected chi connectivity index (χ2v) is 6.03. The molecule has 2 aromatic rings. The van der Waals surface area contributed by atoms with Crippen molar-refractivity contribution >= 4 is 39.1 Å². The van der Waals surface area contributed by atoms with E-state index in [0.717, 1.165) is 10.5 Å². The average molecular weight is 424 g/mol. The van der Waals surface area contributed by atoms with E-state index in [1.165, 1.54) is 12.1 Å². The number of nitro benzene ring substituents is 1. The fraction of sp³-hybridized carbons (Fsp3) is 0.118. The van der Waals surface area contributed by atoms with Crippen LogP contribution in [-0.2, 0) is 0 Å². The number of carbonyl (C=O) groups is 1. The molecule has 0 radical (unpaired) electrons. The Morgan fingerprint density at radius 2 is 2.08 bits per heavy atom. The highest BCUT2D eigenvalue weighted by Crippen LogP contribution is 2.24. The number of nitro groups is 1. The van der Waals surface area contributed by atoms with Gasteiger partial charge in [0.25, 0.3) is 11.6 Å². The number of rotatable bonds is 5. The Kier molecular flexibility index (Phi) is 6.81. The minimum atomic E-state index is -0.641. The van der Waals surface area contributed by atoms with Crippen LogP contribution < -0.4 is 10.1 Å². The van der Waals surface area contributed by atoms with Crippen molar-refractivity contribution in [1.82, 2.24) is 5.32 Å². The number of halogens is 2. The van der Waals surface area contributed by atoms with Crippen LogP contribution in [0.5, 0.6) is 5.75 Å². The lowest BCUT2D eigenvalue weighted by Crippen LogP contribution is -2.23.